The van der Waals surface area contributed by atoms with E-state index in [-0.39, 0.29) is 0 Å². The summed E-state index contributed by atoms with van der Waals surface area (Å²) in [5, 5.41) is 3.37. The lowest BCUT2D eigenvalue weighted by Gasteiger charge is -2.13. The van der Waals surface area contributed by atoms with Gasteiger partial charge in [0.15, 0.2) is 5.82 Å². The summed E-state index contributed by atoms with van der Waals surface area (Å²) < 4.78 is 1.15. The Morgan fingerprint density at radius 3 is 2.52 bits per heavy atom. The third-order valence-electron chi connectivity index (χ3n) is 3.15. The van der Waals surface area contributed by atoms with Crippen LogP contribution < -0.4 is 5.32 Å². The van der Waals surface area contributed by atoms with Crippen LogP contribution in [0.2, 0.25) is 0 Å². The van der Waals surface area contributed by atoms with Gasteiger partial charge in [0.2, 0.25) is 0 Å². The monoisotopic (exact) mass is 415 g/mol. The van der Waals surface area contributed by atoms with Crippen molar-refractivity contribution in [2.24, 2.45) is 5.92 Å². The van der Waals surface area contributed by atoms with Crippen molar-refractivity contribution in [1.82, 2.24) is 9.97 Å². The van der Waals surface area contributed by atoms with Crippen LogP contribution in [-0.4, -0.2) is 16.5 Å². The van der Waals surface area contributed by atoms with Gasteiger partial charge in [-0.05, 0) is 61.8 Å². The second kappa shape index (κ2) is 7.05. The first-order chi connectivity index (χ1) is 9.92. The van der Waals surface area contributed by atoms with E-state index in [1.54, 1.807) is 11.3 Å². The third kappa shape index (κ3) is 3.94. The summed E-state index contributed by atoms with van der Waals surface area (Å²) in [4.78, 5) is 12.2. The molecule has 0 saturated heterocycles. The van der Waals surface area contributed by atoms with E-state index in [0.717, 1.165) is 39.4 Å². The van der Waals surface area contributed by atoms with Gasteiger partial charge in [-0.25, -0.2) is 9.97 Å². The third-order valence-corrected chi connectivity index (χ3v) is 5.25. The van der Waals surface area contributed by atoms with Crippen LogP contribution in [0.15, 0.2) is 6.07 Å². The molecule has 5 heteroatoms. The number of thiophene rings is 1. The second-order valence-corrected chi connectivity index (χ2v) is 8.15. The highest BCUT2D eigenvalue weighted by molar-refractivity contribution is 14.1. The summed E-state index contributed by atoms with van der Waals surface area (Å²) in [5.41, 5.74) is 2.31. The van der Waals surface area contributed by atoms with Crippen molar-refractivity contribution in [2.75, 3.05) is 11.9 Å². The van der Waals surface area contributed by atoms with Gasteiger partial charge >= 0.3 is 0 Å². The number of anilines is 1. The van der Waals surface area contributed by atoms with Crippen LogP contribution in [-0.2, 0) is 6.42 Å². The minimum atomic E-state index is 0.584. The number of nitrogens with zero attached hydrogens (tertiary/aromatic N) is 2. The summed E-state index contributed by atoms with van der Waals surface area (Å²) in [6.07, 6.45) is 0.981. The smallest absolute Gasteiger partial charge is 0.162 e. The first-order valence-corrected chi connectivity index (χ1v) is 9.19. The number of halogens is 1. The fourth-order valence-electron chi connectivity index (χ4n) is 2.27. The normalized spacial score (nSPS) is 11.2. The Kier molecular flexibility index (Phi) is 5.60. The number of hydrogen-bond donors (Lipinski definition) is 1. The van der Waals surface area contributed by atoms with Crippen LogP contribution in [0.4, 0.5) is 5.82 Å². The van der Waals surface area contributed by atoms with Gasteiger partial charge in [-0.2, -0.15) is 0 Å². The van der Waals surface area contributed by atoms with E-state index in [4.69, 9.17) is 9.97 Å². The van der Waals surface area contributed by atoms with Crippen molar-refractivity contribution >= 4 is 39.7 Å². The van der Waals surface area contributed by atoms with E-state index in [1.807, 2.05) is 0 Å². The van der Waals surface area contributed by atoms with Crippen LogP contribution >= 0.6 is 33.9 Å². The lowest BCUT2D eigenvalue weighted by Crippen LogP contribution is -2.09. The molecule has 2 aromatic rings. The molecule has 0 atom stereocenters. The van der Waals surface area contributed by atoms with Crippen LogP contribution in [0, 0.1) is 23.3 Å². The lowest BCUT2D eigenvalue weighted by molar-refractivity contribution is 0.632. The van der Waals surface area contributed by atoms with E-state index in [1.165, 1.54) is 9.75 Å². The Labute approximate surface area is 144 Å². The quantitative estimate of drug-likeness (QED) is 0.694. The molecule has 0 aliphatic carbocycles. The molecule has 0 aromatic carbocycles. The minimum absolute atomic E-state index is 0.584. The van der Waals surface area contributed by atoms with Crippen LogP contribution in [0.1, 0.15) is 36.2 Å². The molecule has 0 amide bonds. The van der Waals surface area contributed by atoms with Crippen LogP contribution in [0.5, 0.6) is 0 Å². The summed E-state index contributed by atoms with van der Waals surface area (Å²) in [6, 6.07) is 2.19. The zero-order chi connectivity index (χ0) is 15.6. The largest absolute Gasteiger partial charge is 0.369 e. The van der Waals surface area contributed by atoms with Gasteiger partial charge in [-0.15, -0.1) is 11.3 Å². The molecule has 0 saturated carbocycles. The number of hydrogen-bond acceptors (Lipinski definition) is 4. The van der Waals surface area contributed by atoms with Crippen molar-refractivity contribution in [3.05, 3.63) is 25.1 Å². The van der Waals surface area contributed by atoms with Crippen LogP contribution in [0.3, 0.4) is 0 Å². The SMILES string of the molecule is CCNc1nc(-c2cc(C)sc2C)nc(CC(C)C)c1I. The molecule has 2 rings (SSSR count). The predicted octanol–water partition coefficient (Wildman–Crippen LogP) is 5.06. The van der Waals surface area contributed by atoms with Crippen molar-refractivity contribution in [2.45, 2.75) is 41.0 Å². The highest BCUT2D eigenvalue weighted by Gasteiger charge is 2.16. The maximum atomic E-state index is 4.85. The molecular formula is C16H22IN3S. The standard InChI is InChI=1S/C16H22IN3S/c1-6-18-16-14(17)13(7-9(2)3)19-15(20-16)12-8-10(4)21-11(12)5/h8-9H,6-7H2,1-5H3,(H,18,19,20). The topological polar surface area (TPSA) is 37.8 Å². The van der Waals surface area contributed by atoms with E-state index >= 15 is 0 Å². The van der Waals surface area contributed by atoms with Crippen molar-refractivity contribution in [3.63, 3.8) is 0 Å². The van der Waals surface area contributed by atoms with Crippen LogP contribution in [0.25, 0.3) is 11.4 Å². The van der Waals surface area contributed by atoms with Gasteiger partial charge in [-0.3, -0.25) is 0 Å². The predicted molar refractivity (Wildman–Crippen MR) is 100 cm³/mol. The Bertz CT molecular complexity index is 635. The molecular weight excluding hydrogens is 393 g/mol. The van der Waals surface area contributed by atoms with Crippen molar-refractivity contribution in [1.29, 1.82) is 0 Å². The number of rotatable bonds is 5. The molecule has 0 radical (unpaired) electrons. The van der Waals surface area contributed by atoms with E-state index < -0.39 is 0 Å². The zero-order valence-electron chi connectivity index (χ0n) is 13.2. The van der Waals surface area contributed by atoms with Crippen molar-refractivity contribution < 1.29 is 0 Å². The molecule has 0 spiro atoms. The Balaban J connectivity index is 2.55. The van der Waals surface area contributed by atoms with E-state index in [9.17, 15) is 0 Å². The van der Waals surface area contributed by atoms with E-state index in [2.05, 4.69) is 68.6 Å². The summed E-state index contributed by atoms with van der Waals surface area (Å²) in [7, 11) is 0. The fourth-order valence-corrected chi connectivity index (χ4v) is 3.85. The number of aryl methyl sites for hydroxylation is 2. The average molecular weight is 415 g/mol. The molecule has 2 aromatic heterocycles. The number of nitrogens with one attached hydrogen (secondary N) is 1. The maximum Gasteiger partial charge on any atom is 0.162 e. The molecule has 2 heterocycles. The molecule has 1 N–H and O–H groups in total. The van der Waals surface area contributed by atoms with E-state index in [0.29, 0.717) is 5.92 Å². The van der Waals surface area contributed by atoms with Gasteiger partial charge in [-0.1, -0.05) is 13.8 Å². The Morgan fingerprint density at radius 1 is 1.29 bits per heavy atom. The highest BCUT2D eigenvalue weighted by atomic mass is 127. The van der Waals surface area contributed by atoms with Gasteiger partial charge in [0.25, 0.3) is 0 Å². The van der Waals surface area contributed by atoms with Gasteiger partial charge < -0.3 is 5.32 Å². The van der Waals surface area contributed by atoms with Crippen molar-refractivity contribution in [3.8, 4) is 11.4 Å². The Morgan fingerprint density at radius 2 is 2.00 bits per heavy atom. The maximum absolute atomic E-state index is 4.85. The lowest BCUT2D eigenvalue weighted by atomic mass is 10.1. The van der Waals surface area contributed by atoms with Gasteiger partial charge in [0.1, 0.15) is 5.82 Å². The molecule has 21 heavy (non-hydrogen) atoms. The zero-order valence-corrected chi connectivity index (χ0v) is 16.2. The highest BCUT2D eigenvalue weighted by Crippen LogP contribution is 2.31. The molecule has 0 unspecified atom stereocenters. The molecule has 0 fully saturated rings. The molecule has 3 nitrogen and oxygen atoms in total. The first kappa shape index (κ1) is 16.7. The second-order valence-electron chi connectivity index (χ2n) is 5.61. The van der Waals surface area contributed by atoms with Gasteiger partial charge in [0, 0.05) is 21.9 Å². The average Bonchev–Trinajstić information content (AvgIpc) is 2.73. The first-order valence-electron chi connectivity index (χ1n) is 7.30. The molecule has 114 valence electrons. The van der Waals surface area contributed by atoms with Gasteiger partial charge in [0.05, 0.1) is 9.26 Å². The summed E-state index contributed by atoms with van der Waals surface area (Å²) in [6.45, 7) is 11.7. The Hall–Kier alpha value is -0.690. The summed E-state index contributed by atoms with van der Waals surface area (Å²) in [5.74, 6) is 2.40. The molecule has 0 aliphatic rings. The minimum Gasteiger partial charge on any atom is -0.369 e. The fraction of sp³-hybridized carbons (Fsp3) is 0.500. The summed E-state index contributed by atoms with van der Waals surface area (Å²) >= 11 is 4.17. The molecule has 0 aliphatic heterocycles. The molecule has 0 bridgehead atoms. The number of aromatic nitrogens is 2.